The summed E-state index contributed by atoms with van der Waals surface area (Å²) in [6, 6.07) is 3.47. The highest BCUT2D eigenvalue weighted by molar-refractivity contribution is 5.66. The highest BCUT2D eigenvalue weighted by Crippen LogP contribution is 2.13. The van der Waals surface area contributed by atoms with Crippen molar-refractivity contribution < 1.29 is 9.90 Å². The van der Waals surface area contributed by atoms with Gasteiger partial charge in [-0.3, -0.25) is 9.78 Å². The van der Waals surface area contributed by atoms with Crippen LogP contribution >= 0.6 is 0 Å². The van der Waals surface area contributed by atoms with Crippen molar-refractivity contribution in [3.8, 4) is 0 Å². The number of carboxylic acid groups (broad SMARTS) is 1. The van der Waals surface area contributed by atoms with Crippen LogP contribution in [-0.2, 0) is 4.79 Å². The summed E-state index contributed by atoms with van der Waals surface area (Å²) in [6.45, 7) is 1.94. The summed E-state index contributed by atoms with van der Waals surface area (Å²) >= 11 is 0. The summed E-state index contributed by atoms with van der Waals surface area (Å²) in [7, 11) is 0. The molecule has 1 atom stereocenters. The number of nitrogens with two attached hydrogens (primary N) is 1. The predicted octanol–water partition coefficient (Wildman–Crippen LogP) is 1.25. The van der Waals surface area contributed by atoms with Crippen molar-refractivity contribution in [2.45, 2.75) is 25.8 Å². The van der Waals surface area contributed by atoms with Gasteiger partial charge < -0.3 is 10.8 Å². The van der Waals surface area contributed by atoms with E-state index >= 15 is 0 Å². The SMILES string of the molecule is Cc1ccc([C@H](N)CCC(=O)O)nc1. The molecule has 0 aromatic carbocycles. The molecule has 0 fully saturated rings. The number of hydrogen-bond donors (Lipinski definition) is 2. The molecule has 0 aliphatic heterocycles. The zero-order valence-corrected chi connectivity index (χ0v) is 8.10. The second-order valence-electron chi connectivity index (χ2n) is 3.30. The maximum atomic E-state index is 10.3. The van der Waals surface area contributed by atoms with Gasteiger partial charge >= 0.3 is 5.97 Å². The van der Waals surface area contributed by atoms with E-state index in [1.165, 1.54) is 0 Å². The fraction of sp³-hybridized carbons (Fsp3) is 0.400. The van der Waals surface area contributed by atoms with E-state index in [0.29, 0.717) is 6.42 Å². The second kappa shape index (κ2) is 4.72. The Morgan fingerprint density at radius 2 is 2.36 bits per heavy atom. The zero-order chi connectivity index (χ0) is 10.6. The third kappa shape index (κ3) is 3.14. The van der Waals surface area contributed by atoms with Gasteiger partial charge in [-0.15, -0.1) is 0 Å². The number of rotatable bonds is 4. The molecule has 0 aliphatic carbocycles. The standard InChI is InChI=1S/C10H14N2O2/c1-7-2-4-9(12-6-7)8(11)3-5-10(13)14/h2,4,6,8H,3,5,11H2,1H3,(H,13,14)/t8-/m1/s1. The van der Waals surface area contributed by atoms with Crippen LogP contribution in [-0.4, -0.2) is 16.1 Å². The Hall–Kier alpha value is -1.42. The lowest BCUT2D eigenvalue weighted by Gasteiger charge is -2.09. The van der Waals surface area contributed by atoms with Crippen LogP contribution in [0.3, 0.4) is 0 Å². The summed E-state index contributed by atoms with van der Waals surface area (Å²) in [5.41, 5.74) is 7.58. The minimum absolute atomic E-state index is 0.0801. The lowest BCUT2D eigenvalue weighted by molar-refractivity contribution is -0.137. The van der Waals surface area contributed by atoms with Crippen molar-refractivity contribution in [1.29, 1.82) is 0 Å². The minimum Gasteiger partial charge on any atom is -0.481 e. The van der Waals surface area contributed by atoms with E-state index in [-0.39, 0.29) is 12.5 Å². The van der Waals surface area contributed by atoms with Crippen LogP contribution in [0.4, 0.5) is 0 Å². The maximum absolute atomic E-state index is 10.3. The van der Waals surface area contributed by atoms with Crippen LogP contribution in [0.25, 0.3) is 0 Å². The summed E-state index contributed by atoms with van der Waals surface area (Å²) in [5, 5.41) is 8.48. The van der Waals surface area contributed by atoms with E-state index in [9.17, 15) is 4.79 Å². The Kier molecular flexibility index (Phi) is 3.59. The molecular formula is C10H14N2O2. The Labute approximate surface area is 82.8 Å². The number of hydrogen-bond acceptors (Lipinski definition) is 3. The molecule has 0 saturated carbocycles. The first-order valence-corrected chi connectivity index (χ1v) is 4.49. The van der Waals surface area contributed by atoms with Gasteiger partial charge in [-0.05, 0) is 25.0 Å². The molecule has 4 nitrogen and oxygen atoms in total. The first kappa shape index (κ1) is 10.7. The van der Waals surface area contributed by atoms with Gasteiger partial charge in [0.15, 0.2) is 0 Å². The highest BCUT2D eigenvalue weighted by Gasteiger charge is 2.08. The van der Waals surface area contributed by atoms with Gasteiger partial charge in [-0.2, -0.15) is 0 Å². The smallest absolute Gasteiger partial charge is 0.303 e. The third-order valence-electron chi connectivity index (χ3n) is 1.98. The molecule has 0 spiro atoms. The van der Waals surface area contributed by atoms with Gasteiger partial charge in [0.1, 0.15) is 0 Å². The van der Waals surface area contributed by atoms with E-state index < -0.39 is 5.97 Å². The number of aryl methyl sites for hydroxylation is 1. The molecular weight excluding hydrogens is 180 g/mol. The molecule has 0 saturated heterocycles. The molecule has 1 aromatic heterocycles. The number of aliphatic carboxylic acids is 1. The molecule has 3 N–H and O–H groups in total. The minimum atomic E-state index is -0.826. The topological polar surface area (TPSA) is 76.2 Å². The van der Waals surface area contributed by atoms with Gasteiger partial charge in [-0.1, -0.05) is 6.07 Å². The van der Waals surface area contributed by atoms with Crippen molar-refractivity contribution in [1.82, 2.24) is 4.98 Å². The van der Waals surface area contributed by atoms with Gasteiger partial charge in [0.2, 0.25) is 0 Å². The lowest BCUT2D eigenvalue weighted by atomic mass is 10.1. The van der Waals surface area contributed by atoms with Crippen molar-refractivity contribution in [3.63, 3.8) is 0 Å². The number of nitrogens with zero attached hydrogens (tertiary/aromatic N) is 1. The summed E-state index contributed by atoms with van der Waals surface area (Å²) in [4.78, 5) is 14.5. The van der Waals surface area contributed by atoms with E-state index in [4.69, 9.17) is 10.8 Å². The highest BCUT2D eigenvalue weighted by atomic mass is 16.4. The fourth-order valence-corrected chi connectivity index (χ4v) is 1.13. The first-order valence-electron chi connectivity index (χ1n) is 4.49. The summed E-state index contributed by atoms with van der Waals surface area (Å²) in [6.07, 6.45) is 2.23. The zero-order valence-electron chi connectivity index (χ0n) is 8.10. The molecule has 1 heterocycles. The largest absolute Gasteiger partial charge is 0.481 e. The molecule has 4 heteroatoms. The van der Waals surface area contributed by atoms with Crippen LogP contribution in [0.1, 0.15) is 30.1 Å². The second-order valence-corrected chi connectivity index (χ2v) is 3.30. The molecule has 0 radical (unpaired) electrons. The van der Waals surface area contributed by atoms with Crippen LogP contribution in [0, 0.1) is 6.92 Å². The summed E-state index contributed by atoms with van der Waals surface area (Å²) < 4.78 is 0. The first-order chi connectivity index (χ1) is 6.59. The molecule has 1 aromatic rings. The van der Waals surface area contributed by atoms with Crippen LogP contribution in [0.15, 0.2) is 18.3 Å². The van der Waals surface area contributed by atoms with Gasteiger partial charge in [0.05, 0.1) is 5.69 Å². The van der Waals surface area contributed by atoms with Crippen LogP contribution < -0.4 is 5.73 Å². The normalized spacial score (nSPS) is 12.4. The van der Waals surface area contributed by atoms with Crippen molar-refractivity contribution in [2.75, 3.05) is 0 Å². The molecule has 14 heavy (non-hydrogen) atoms. The van der Waals surface area contributed by atoms with E-state index in [1.54, 1.807) is 6.20 Å². The molecule has 0 unspecified atom stereocenters. The Morgan fingerprint density at radius 3 is 2.86 bits per heavy atom. The monoisotopic (exact) mass is 194 g/mol. The van der Waals surface area contributed by atoms with Gasteiger partial charge in [-0.25, -0.2) is 0 Å². The van der Waals surface area contributed by atoms with E-state index in [1.807, 2.05) is 19.1 Å². The fourth-order valence-electron chi connectivity index (χ4n) is 1.13. The number of aromatic nitrogens is 1. The average Bonchev–Trinajstić information content (AvgIpc) is 2.15. The van der Waals surface area contributed by atoms with Crippen LogP contribution in [0.2, 0.25) is 0 Å². The van der Waals surface area contributed by atoms with Gasteiger partial charge in [0, 0.05) is 18.7 Å². The van der Waals surface area contributed by atoms with Crippen molar-refractivity contribution in [3.05, 3.63) is 29.6 Å². The van der Waals surface area contributed by atoms with E-state index in [0.717, 1.165) is 11.3 Å². The Balaban J connectivity index is 2.56. The Bertz CT molecular complexity index is 308. The molecule has 76 valence electrons. The Morgan fingerprint density at radius 1 is 1.64 bits per heavy atom. The molecule has 1 rings (SSSR count). The molecule has 0 aliphatic rings. The predicted molar refractivity (Wildman–Crippen MR) is 52.8 cm³/mol. The maximum Gasteiger partial charge on any atom is 0.303 e. The van der Waals surface area contributed by atoms with Crippen molar-refractivity contribution in [2.24, 2.45) is 5.73 Å². The number of pyridine rings is 1. The van der Waals surface area contributed by atoms with Crippen molar-refractivity contribution >= 4 is 5.97 Å². The summed E-state index contributed by atoms with van der Waals surface area (Å²) in [5.74, 6) is -0.826. The number of carbonyl (C=O) groups is 1. The van der Waals surface area contributed by atoms with E-state index in [2.05, 4.69) is 4.98 Å². The lowest BCUT2D eigenvalue weighted by Crippen LogP contribution is -2.13. The molecule has 0 amide bonds. The quantitative estimate of drug-likeness (QED) is 0.756. The average molecular weight is 194 g/mol. The molecule has 0 bridgehead atoms. The van der Waals surface area contributed by atoms with Gasteiger partial charge in [0.25, 0.3) is 0 Å². The van der Waals surface area contributed by atoms with Crippen LogP contribution in [0.5, 0.6) is 0 Å². The number of carboxylic acids is 1. The third-order valence-corrected chi connectivity index (χ3v) is 1.98.